The molecule has 0 radical (unpaired) electrons. The van der Waals surface area contributed by atoms with Crippen LogP contribution < -0.4 is 5.73 Å². The molecule has 0 aliphatic rings. The van der Waals surface area contributed by atoms with Gasteiger partial charge in [0.1, 0.15) is 11.5 Å². The van der Waals surface area contributed by atoms with E-state index < -0.39 is 0 Å². The molecule has 1 rings (SSSR count). The molecule has 0 bridgehead atoms. The van der Waals surface area contributed by atoms with Gasteiger partial charge in [-0.3, -0.25) is 4.79 Å². The van der Waals surface area contributed by atoms with Crippen LogP contribution in [0.5, 0.6) is 0 Å². The Labute approximate surface area is 100 Å². The number of aryl methyl sites for hydroxylation is 2. The number of nitrogens with two attached hydrogens (primary N) is 1. The summed E-state index contributed by atoms with van der Waals surface area (Å²) >= 11 is 4.77. The first-order chi connectivity index (χ1) is 7.34. The Bertz CT molecular complexity index is 437. The Kier molecular flexibility index (Phi) is 3.70. The van der Waals surface area contributed by atoms with Crippen molar-refractivity contribution in [2.45, 2.75) is 20.8 Å². The maximum atomic E-state index is 12.1. The largest absolute Gasteiger partial charge is 0.466 e. The topological polar surface area (TPSA) is 59.5 Å². The highest BCUT2D eigenvalue weighted by molar-refractivity contribution is 7.80. The average Bonchev–Trinajstić information content (AvgIpc) is 2.39. The van der Waals surface area contributed by atoms with E-state index in [9.17, 15) is 4.79 Å². The summed E-state index contributed by atoms with van der Waals surface area (Å²) in [5.41, 5.74) is 6.88. The third-order valence-corrected chi connectivity index (χ3v) is 2.64. The summed E-state index contributed by atoms with van der Waals surface area (Å²) in [7, 11) is 1.67. The fourth-order valence-corrected chi connectivity index (χ4v) is 1.80. The lowest BCUT2D eigenvalue weighted by Crippen LogP contribution is -2.34. The summed E-state index contributed by atoms with van der Waals surface area (Å²) in [5.74, 6) is 1.29. The quantitative estimate of drug-likeness (QED) is 0.815. The molecule has 2 N–H and O–H groups in total. The highest BCUT2D eigenvalue weighted by atomic mass is 32.1. The molecule has 0 atom stereocenters. The molecule has 0 unspecified atom stereocenters. The van der Waals surface area contributed by atoms with Gasteiger partial charge in [0, 0.05) is 12.6 Å². The van der Waals surface area contributed by atoms with E-state index in [2.05, 4.69) is 0 Å². The SMILES string of the molecule is Cc1oc(C)c(C(=O)N(C)CC(N)=S)c1C. The second kappa shape index (κ2) is 4.65. The lowest BCUT2D eigenvalue weighted by Gasteiger charge is -2.16. The Morgan fingerprint density at radius 3 is 2.31 bits per heavy atom. The number of carbonyl (C=O) groups excluding carboxylic acids is 1. The molecule has 1 aromatic rings. The molecule has 1 heterocycles. The predicted molar refractivity (Wildman–Crippen MR) is 66.7 cm³/mol. The van der Waals surface area contributed by atoms with Crippen LogP contribution in [0.4, 0.5) is 0 Å². The van der Waals surface area contributed by atoms with Crippen LogP contribution >= 0.6 is 12.2 Å². The number of amides is 1. The summed E-state index contributed by atoms with van der Waals surface area (Å²) in [6.07, 6.45) is 0. The number of thiocarbonyl (C=S) groups is 1. The van der Waals surface area contributed by atoms with Crippen LogP contribution in [0.15, 0.2) is 4.42 Å². The van der Waals surface area contributed by atoms with Gasteiger partial charge in [-0.1, -0.05) is 12.2 Å². The minimum atomic E-state index is -0.111. The number of carbonyl (C=O) groups is 1. The molecular weight excluding hydrogens is 224 g/mol. The van der Waals surface area contributed by atoms with Crippen LogP contribution in [0.3, 0.4) is 0 Å². The Balaban J connectivity index is 3.00. The van der Waals surface area contributed by atoms with Gasteiger partial charge in [0.25, 0.3) is 5.91 Å². The van der Waals surface area contributed by atoms with E-state index in [1.54, 1.807) is 14.0 Å². The van der Waals surface area contributed by atoms with Crippen LogP contribution in [-0.2, 0) is 0 Å². The first-order valence-corrected chi connectivity index (χ1v) is 5.35. The summed E-state index contributed by atoms with van der Waals surface area (Å²) in [6, 6.07) is 0. The first-order valence-electron chi connectivity index (χ1n) is 4.95. The zero-order valence-corrected chi connectivity index (χ0v) is 10.8. The fraction of sp³-hybridized carbons (Fsp3) is 0.455. The third kappa shape index (κ3) is 2.41. The van der Waals surface area contributed by atoms with Gasteiger partial charge in [-0.2, -0.15) is 0 Å². The van der Waals surface area contributed by atoms with E-state index in [0.29, 0.717) is 16.3 Å². The molecular formula is C11H16N2O2S. The normalized spacial score (nSPS) is 10.2. The minimum Gasteiger partial charge on any atom is -0.466 e. The predicted octanol–water partition coefficient (Wildman–Crippen LogP) is 1.56. The molecule has 4 nitrogen and oxygen atoms in total. The summed E-state index contributed by atoms with van der Waals surface area (Å²) in [4.78, 5) is 13.9. The van der Waals surface area contributed by atoms with E-state index in [1.165, 1.54) is 4.90 Å². The maximum absolute atomic E-state index is 12.1. The zero-order valence-electron chi connectivity index (χ0n) is 9.96. The molecule has 88 valence electrons. The van der Waals surface area contributed by atoms with E-state index in [4.69, 9.17) is 22.4 Å². The second-order valence-corrected chi connectivity index (χ2v) is 4.37. The standard InChI is InChI=1S/C11H16N2O2S/c1-6-7(2)15-8(3)10(6)11(14)13(4)5-9(12)16/h5H2,1-4H3,(H2,12,16). The molecule has 1 amide bonds. The highest BCUT2D eigenvalue weighted by Crippen LogP contribution is 2.21. The molecule has 16 heavy (non-hydrogen) atoms. The van der Waals surface area contributed by atoms with Crippen molar-refractivity contribution in [2.24, 2.45) is 5.73 Å². The third-order valence-electron chi connectivity index (χ3n) is 2.51. The Morgan fingerprint density at radius 2 is 1.94 bits per heavy atom. The van der Waals surface area contributed by atoms with Gasteiger partial charge >= 0.3 is 0 Å². The molecule has 1 aromatic heterocycles. The smallest absolute Gasteiger partial charge is 0.257 e. The van der Waals surface area contributed by atoms with E-state index in [-0.39, 0.29) is 12.5 Å². The van der Waals surface area contributed by atoms with Gasteiger partial charge in [-0.15, -0.1) is 0 Å². The van der Waals surface area contributed by atoms with Gasteiger partial charge in [0.05, 0.1) is 17.1 Å². The summed E-state index contributed by atoms with van der Waals surface area (Å²) in [6.45, 7) is 5.76. The van der Waals surface area contributed by atoms with Crippen molar-refractivity contribution in [2.75, 3.05) is 13.6 Å². The Hall–Kier alpha value is -1.36. The molecule has 0 aromatic carbocycles. The van der Waals surface area contributed by atoms with Crippen molar-refractivity contribution < 1.29 is 9.21 Å². The molecule has 0 aliphatic carbocycles. The van der Waals surface area contributed by atoms with Crippen molar-refractivity contribution in [3.05, 3.63) is 22.6 Å². The van der Waals surface area contributed by atoms with E-state index >= 15 is 0 Å². The zero-order chi connectivity index (χ0) is 12.5. The van der Waals surface area contributed by atoms with Crippen molar-refractivity contribution in [3.63, 3.8) is 0 Å². The molecule has 0 saturated heterocycles. The van der Waals surface area contributed by atoms with Crippen LogP contribution in [-0.4, -0.2) is 29.4 Å². The number of likely N-dealkylation sites (N-methyl/N-ethyl adjacent to an activating group) is 1. The van der Waals surface area contributed by atoms with Gasteiger partial charge < -0.3 is 15.1 Å². The number of rotatable bonds is 3. The highest BCUT2D eigenvalue weighted by Gasteiger charge is 2.21. The Morgan fingerprint density at radius 1 is 1.38 bits per heavy atom. The molecule has 0 spiro atoms. The molecule has 0 saturated carbocycles. The summed E-state index contributed by atoms with van der Waals surface area (Å²) in [5, 5.41) is 0. The molecule has 0 fully saturated rings. The molecule has 0 aliphatic heterocycles. The lowest BCUT2D eigenvalue weighted by molar-refractivity contribution is 0.0813. The van der Waals surface area contributed by atoms with Crippen LogP contribution in [0.25, 0.3) is 0 Å². The van der Waals surface area contributed by atoms with Gasteiger partial charge in [0.15, 0.2) is 0 Å². The maximum Gasteiger partial charge on any atom is 0.257 e. The monoisotopic (exact) mass is 240 g/mol. The van der Waals surface area contributed by atoms with Gasteiger partial charge in [-0.05, 0) is 20.8 Å². The van der Waals surface area contributed by atoms with E-state index in [0.717, 1.165) is 11.3 Å². The van der Waals surface area contributed by atoms with Crippen LogP contribution in [0, 0.1) is 20.8 Å². The number of nitrogens with zero attached hydrogens (tertiary/aromatic N) is 1. The lowest BCUT2D eigenvalue weighted by atomic mass is 10.1. The number of furan rings is 1. The van der Waals surface area contributed by atoms with Crippen molar-refractivity contribution in [1.29, 1.82) is 0 Å². The second-order valence-electron chi connectivity index (χ2n) is 3.84. The van der Waals surface area contributed by atoms with Crippen LogP contribution in [0.1, 0.15) is 27.4 Å². The number of hydrogen-bond acceptors (Lipinski definition) is 3. The fourth-order valence-electron chi connectivity index (χ4n) is 1.60. The average molecular weight is 240 g/mol. The minimum absolute atomic E-state index is 0.111. The van der Waals surface area contributed by atoms with Crippen LogP contribution in [0.2, 0.25) is 0 Å². The van der Waals surface area contributed by atoms with Crippen molar-refractivity contribution >= 4 is 23.1 Å². The van der Waals surface area contributed by atoms with Gasteiger partial charge in [-0.25, -0.2) is 0 Å². The van der Waals surface area contributed by atoms with Gasteiger partial charge in [0.2, 0.25) is 0 Å². The number of hydrogen-bond donors (Lipinski definition) is 1. The first kappa shape index (κ1) is 12.7. The van der Waals surface area contributed by atoms with Crippen molar-refractivity contribution in [1.82, 2.24) is 4.90 Å². The van der Waals surface area contributed by atoms with E-state index in [1.807, 2.05) is 13.8 Å². The summed E-state index contributed by atoms with van der Waals surface area (Å²) < 4.78 is 5.41. The molecule has 5 heteroatoms. The van der Waals surface area contributed by atoms with Crippen molar-refractivity contribution in [3.8, 4) is 0 Å².